The van der Waals surface area contributed by atoms with E-state index in [2.05, 4.69) is 35.8 Å². The summed E-state index contributed by atoms with van der Waals surface area (Å²) in [6.07, 6.45) is 4.40. The molecule has 0 fully saturated rings. The molecular formula is C12H17NOS. The molecule has 0 aromatic carbocycles. The van der Waals surface area contributed by atoms with Crippen LogP contribution in [0.25, 0.3) is 0 Å². The minimum Gasteiger partial charge on any atom is -0.496 e. The first kappa shape index (κ1) is 10.7. The maximum atomic E-state index is 5.64. The van der Waals surface area contributed by atoms with Gasteiger partial charge >= 0.3 is 0 Å². The third-order valence-electron chi connectivity index (χ3n) is 2.44. The van der Waals surface area contributed by atoms with Gasteiger partial charge in [0.25, 0.3) is 0 Å². The van der Waals surface area contributed by atoms with Crippen LogP contribution in [0.4, 0.5) is 0 Å². The molecular weight excluding hydrogens is 206 g/mol. The fraction of sp³-hybridized carbons (Fsp3) is 0.500. The third kappa shape index (κ3) is 2.61. The van der Waals surface area contributed by atoms with E-state index >= 15 is 0 Å². The van der Waals surface area contributed by atoms with E-state index in [-0.39, 0.29) is 6.04 Å². The molecule has 0 saturated heterocycles. The van der Waals surface area contributed by atoms with Crippen LogP contribution in [0.15, 0.2) is 29.3 Å². The summed E-state index contributed by atoms with van der Waals surface area (Å²) in [4.78, 5) is 1.34. The van der Waals surface area contributed by atoms with E-state index in [9.17, 15) is 0 Å². The number of nitrogens with one attached hydrogen (secondary N) is 1. The lowest BCUT2D eigenvalue weighted by atomic mass is 10.2. The summed E-state index contributed by atoms with van der Waals surface area (Å²) in [6, 6.07) is 4.53. The standard InChI is InChI=1S/C12H17NOS/c1-2-7-13-12(10-5-3-8-14-10)11-6-4-9-15-11/h4-6,9,12-13H,2-3,7-8H2,1H3. The first-order valence-electron chi connectivity index (χ1n) is 5.51. The maximum absolute atomic E-state index is 5.64. The lowest BCUT2D eigenvalue weighted by molar-refractivity contribution is 0.216. The summed E-state index contributed by atoms with van der Waals surface area (Å²) in [5, 5.41) is 5.65. The predicted octanol–water partition coefficient (Wildman–Crippen LogP) is 3.09. The molecule has 1 aliphatic rings. The van der Waals surface area contributed by atoms with Crippen molar-refractivity contribution in [2.75, 3.05) is 13.2 Å². The number of ether oxygens (including phenoxy) is 1. The summed E-state index contributed by atoms with van der Waals surface area (Å²) in [5.41, 5.74) is 0. The van der Waals surface area contributed by atoms with Crippen LogP contribution in [-0.4, -0.2) is 13.2 Å². The van der Waals surface area contributed by atoms with Crippen molar-refractivity contribution in [3.63, 3.8) is 0 Å². The van der Waals surface area contributed by atoms with Crippen molar-refractivity contribution in [2.24, 2.45) is 0 Å². The Balaban J connectivity index is 2.09. The van der Waals surface area contributed by atoms with Crippen LogP contribution in [0.3, 0.4) is 0 Å². The van der Waals surface area contributed by atoms with Gasteiger partial charge in [0.05, 0.1) is 12.6 Å². The monoisotopic (exact) mass is 223 g/mol. The van der Waals surface area contributed by atoms with Gasteiger partial charge in [0, 0.05) is 11.3 Å². The maximum Gasteiger partial charge on any atom is 0.114 e. The van der Waals surface area contributed by atoms with Crippen molar-refractivity contribution >= 4 is 11.3 Å². The summed E-state index contributed by atoms with van der Waals surface area (Å²) in [7, 11) is 0. The first-order chi connectivity index (χ1) is 7.42. The Morgan fingerprint density at radius 3 is 3.13 bits per heavy atom. The number of rotatable bonds is 5. The normalized spacial score (nSPS) is 17.3. The van der Waals surface area contributed by atoms with Crippen molar-refractivity contribution in [3.05, 3.63) is 34.2 Å². The molecule has 0 aliphatic carbocycles. The molecule has 3 heteroatoms. The Morgan fingerprint density at radius 2 is 2.53 bits per heavy atom. The predicted molar refractivity (Wildman–Crippen MR) is 64.0 cm³/mol. The van der Waals surface area contributed by atoms with Gasteiger partial charge in [0.2, 0.25) is 0 Å². The van der Waals surface area contributed by atoms with Crippen LogP contribution in [0, 0.1) is 0 Å². The average molecular weight is 223 g/mol. The Kier molecular flexibility index (Phi) is 3.80. The molecule has 1 unspecified atom stereocenters. The molecule has 1 atom stereocenters. The Labute approximate surface area is 95.0 Å². The van der Waals surface area contributed by atoms with Crippen molar-refractivity contribution < 1.29 is 4.74 Å². The number of hydrogen-bond acceptors (Lipinski definition) is 3. The summed E-state index contributed by atoms with van der Waals surface area (Å²) < 4.78 is 5.64. The molecule has 2 rings (SSSR count). The fourth-order valence-corrected chi connectivity index (χ4v) is 2.53. The highest BCUT2D eigenvalue weighted by Gasteiger charge is 2.20. The molecule has 82 valence electrons. The topological polar surface area (TPSA) is 21.3 Å². The zero-order valence-electron chi connectivity index (χ0n) is 9.03. The highest BCUT2D eigenvalue weighted by atomic mass is 32.1. The second kappa shape index (κ2) is 5.33. The Hall–Kier alpha value is -0.800. The highest BCUT2D eigenvalue weighted by Crippen LogP contribution is 2.29. The van der Waals surface area contributed by atoms with Crippen molar-refractivity contribution in [1.82, 2.24) is 5.32 Å². The second-order valence-electron chi connectivity index (χ2n) is 3.65. The first-order valence-corrected chi connectivity index (χ1v) is 6.39. The van der Waals surface area contributed by atoms with Crippen LogP contribution in [0.2, 0.25) is 0 Å². The smallest absolute Gasteiger partial charge is 0.114 e. The third-order valence-corrected chi connectivity index (χ3v) is 3.38. The molecule has 2 heterocycles. The zero-order chi connectivity index (χ0) is 10.5. The highest BCUT2D eigenvalue weighted by molar-refractivity contribution is 7.10. The summed E-state index contributed by atoms with van der Waals surface area (Å²) in [5.74, 6) is 1.10. The van der Waals surface area contributed by atoms with E-state index in [0.29, 0.717) is 0 Å². The van der Waals surface area contributed by atoms with E-state index in [0.717, 1.165) is 31.8 Å². The second-order valence-corrected chi connectivity index (χ2v) is 4.63. The van der Waals surface area contributed by atoms with Gasteiger partial charge in [-0.25, -0.2) is 0 Å². The van der Waals surface area contributed by atoms with Crippen LogP contribution < -0.4 is 5.32 Å². The van der Waals surface area contributed by atoms with Gasteiger partial charge < -0.3 is 10.1 Å². The summed E-state index contributed by atoms with van der Waals surface area (Å²) >= 11 is 1.78. The van der Waals surface area contributed by atoms with E-state index in [1.165, 1.54) is 4.88 Å². The van der Waals surface area contributed by atoms with Gasteiger partial charge in [-0.3, -0.25) is 0 Å². The quantitative estimate of drug-likeness (QED) is 0.828. The van der Waals surface area contributed by atoms with E-state index < -0.39 is 0 Å². The molecule has 1 N–H and O–H groups in total. The van der Waals surface area contributed by atoms with E-state index in [4.69, 9.17) is 4.74 Å². The van der Waals surface area contributed by atoms with Crippen LogP contribution in [0.1, 0.15) is 30.7 Å². The molecule has 0 amide bonds. The van der Waals surface area contributed by atoms with E-state index in [1.54, 1.807) is 11.3 Å². The average Bonchev–Trinajstić information content (AvgIpc) is 2.90. The van der Waals surface area contributed by atoms with Crippen molar-refractivity contribution in [3.8, 4) is 0 Å². The van der Waals surface area contributed by atoms with Gasteiger partial charge in [-0.05, 0) is 30.5 Å². The molecule has 0 bridgehead atoms. The van der Waals surface area contributed by atoms with Crippen molar-refractivity contribution in [2.45, 2.75) is 25.8 Å². The lowest BCUT2D eigenvalue weighted by Gasteiger charge is -2.18. The Bertz CT molecular complexity index is 318. The SMILES string of the molecule is CCCNC(C1=CCCO1)c1cccs1. The molecule has 0 radical (unpaired) electrons. The molecule has 1 aromatic rings. The minimum absolute atomic E-state index is 0.271. The molecule has 0 saturated carbocycles. The Morgan fingerprint density at radius 1 is 1.60 bits per heavy atom. The summed E-state index contributed by atoms with van der Waals surface area (Å²) in [6.45, 7) is 4.05. The van der Waals surface area contributed by atoms with Crippen LogP contribution in [0.5, 0.6) is 0 Å². The van der Waals surface area contributed by atoms with Gasteiger partial charge in [-0.1, -0.05) is 13.0 Å². The molecule has 15 heavy (non-hydrogen) atoms. The molecule has 1 aromatic heterocycles. The van der Waals surface area contributed by atoms with Crippen molar-refractivity contribution in [1.29, 1.82) is 0 Å². The van der Waals surface area contributed by atoms with Crippen LogP contribution in [-0.2, 0) is 4.74 Å². The minimum atomic E-state index is 0.271. The van der Waals surface area contributed by atoms with Gasteiger partial charge in [-0.15, -0.1) is 11.3 Å². The van der Waals surface area contributed by atoms with Gasteiger partial charge in [-0.2, -0.15) is 0 Å². The fourth-order valence-electron chi connectivity index (χ4n) is 1.72. The lowest BCUT2D eigenvalue weighted by Crippen LogP contribution is -2.23. The van der Waals surface area contributed by atoms with Gasteiger partial charge in [0.1, 0.15) is 5.76 Å². The van der Waals surface area contributed by atoms with Gasteiger partial charge in [0.15, 0.2) is 0 Å². The largest absolute Gasteiger partial charge is 0.496 e. The molecule has 2 nitrogen and oxygen atoms in total. The number of thiophene rings is 1. The molecule has 1 aliphatic heterocycles. The van der Waals surface area contributed by atoms with E-state index in [1.807, 2.05) is 0 Å². The van der Waals surface area contributed by atoms with Crippen LogP contribution >= 0.6 is 11.3 Å². The number of hydrogen-bond donors (Lipinski definition) is 1. The molecule has 0 spiro atoms. The zero-order valence-corrected chi connectivity index (χ0v) is 9.85.